The fourth-order valence-electron chi connectivity index (χ4n) is 0. The third-order valence-electron chi connectivity index (χ3n) is 0.814. The summed E-state index contributed by atoms with van der Waals surface area (Å²) in [4.78, 5) is 0. The van der Waals surface area contributed by atoms with Gasteiger partial charge in [0.05, 0.1) is 0 Å². The van der Waals surface area contributed by atoms with Gasteiger partial charge in [0.2, 0.25) is 0 Å². The summed E-state index contributed by atoms with van der Waals surface area (Å²) in [6.45, 7) is 6.34. The molecular formula is C5H11ClSi. The van der Waals surface area contributed by atoms with Gasteiger partial charge in [0, 0.05) is 0 Å². The highest BCUT2D eigenvalue weighted by atomic mass is 35.6. The third-order valence-corrected chi connectivity index (χ3v) is 4.14. The summed E-state index contributed by atoms with van der Waals surface area (Å²) in [6, 6.07) is 0. The SMILES string of the molecule is C=[Si](Cl)C(C)(C)C. The molecule has 0 aliphatic rings. The quantitative estimate of drug-likeness (QED) is 0.351. The summed E-state index contributed by atoms with van der Waals surface area (Å²) in [5.74, 6) is 0. The predicted octanol–water partition coefficient (Wildman–Crippen LogP) is 2.03. The molecule has 0 nitrogen and oxygen atoms in total. The van der Waals surface area contributed by atoms with E-state index in [0.29, 0.717) is 0 Å². The van der Waals surface area contributed by atoms with Gasteiger partial charge in [0.25, 0.3) is 0 Å². The van der Waals surface area contributed by atoms with Gasteiger partial charge in [0.15, 0.2) is 0 Å². The lowest BCUT2D eigenvalue weighted by Crippen LogP contribution is -2.08. The van der Waals surface area contributed by atoms with Crippen molar-refractivity contribution in [2.24, 2.45) is 0 Å². The molecule has 0 radical (unpaired) electrons. The standard InChI is InChI=1S/C5H11ClSi/c1-5(2,3)7(4)6/h4H2,1-3H3. The molecule has 0 aromatic rings. The van der Waals surface area contributed by atoms with Gasteiger partial charge < -0.3 is 0 Å². The maximum absolute atomic E-state index is 5.74. The molecule has 0 heterocycles. The van der Waals surface area contributed by atoms with Crippen LogP contribution in [0.3, 0.4) is 0 Å². The van der Waals surface area contributed by atoms with Gasteiger partial charge in [-0.3, -0.25) is 0 Å². The second kappa shape index (κ2) is 2.10. The zero-order valence-electron chi connectivity index (χ0n) is 5.09. The molecular weight excluding hydrogens is 124 g/mol. The van der Waals surface area contributed by atoms with E-state index in [1.54, 1.807) is 0 Å². The van der Waals surface area contributed by atoms with Crippen molar-refractivity contribution in [3.8, 4) is 0 Å². The van der Waals surface area contributed by atoms with E-state index in [1.165, 1.54) is 0 Å². The maximum atomic E-state index is 5.74. The lowest BCUT2D eigenvalue weighted by Gasteiger charge is -2.13. The van der Waals surface area contributed by atoms with Crippen LogP contribution in [-0.4, -0.2) is 13.9 Å². The Morgan fingerprint density at radius 1 is 1.43 bits per heavy atom. The normalized spacial score (nSPS) is 11.4. The molecule has 0 saturated heterocycles. The highest BCUT2D eigenvalue weighted by Crippen LogP contribution is 2.23. The van der Waals surface area contributed by atoms with Crippen LogP contribution in [0.25, 0.3) is 0 Å². The van der Waals surface area contributed by atoms with Crippen molar-refractivity contribution in [2.45, 2.75) is 25.8 Å². The Morgan fingerprint density at radius 3 is 1.57 bits per heavy atom. The lowest BCUT2D eigenvalue weighted by atomic mass is 10.3. The molecule has 0 amide bonds. The molecule has 0 rings (SSSR count). The predicted molar refractivity (Wildman–Crippen MR) is 38.4 cm³/mol. The van der Waals surface area contributed by atoms with E-state index < -0.39 is 7.72 Å². The Balaban J connectivity index is 3.79. The topological polar surface area (TPSA) is 0 Å². The second-order valence-corrected chi connectivity index (χ2v) is 6.33. The zero-order chi connectivity index (χ0) is 6.08. The molecule has 0 saturated carbocycles. The van der Waals surface area contributed by atoms with Crippen LogP contribution >= 0.6 is 11.1 Å². The Morgan fingerprint density at radius 2 is 1.57 bits per heavy atom. The number of halogens is 1. The number of hydrogen-bond donors (Lipinski definition) is 0. The molecule has 0 aromatic carbocycles. The molecule has 0 N–H and O–H groups in total. The van der Waals surface area contributed by atoms with Crippen LogP contribution in [0.1, 0.15) is 20.8 Å². The minimum Gasteiger partial charge on any atom is -0.139 e. The Kier molecular flexibility index (Phi) is 2.21. The Hall–Kier alpha value is 0.377. The van der Waals surface area contributed by atoms with Crippen molar-refractivity contribution < 1.29 is 0 Å². The molecule has 42 valence electrons. The fraction of sp³-hybridized carbons (Fsp3) is 0.800. The average molecular weight is 135 g/mol. The van der Waals surface area contributed by atoms with Crippen LogP contribution in [0.2, 0.25) is 5.04 Å². The molecule has 0 aromatic heterocycles. The van der Waals surface area contributed by atoms with Crippen molar-refractivity contribution >= 4 is 25.0 Å². The zero-order valence-corrected chi connectivity index (χ0v) is 6.84. The summed E-state index contributed by atoms with van der Waals surface area (Å²) in [6.07, 6.45) is 3.78. The van der Waals surface area contributed by atoms with Crippen LogP contribution in [0.5, 0.6) is 0 Å². The van der Waals surface area contributed by atoms with Crippen LogP contribution < -0.4 is 0 Å². The summed E-state index contributed by atoms with van der Waals surface area (Å²) in [7, 11) is -0.828. The van der Waals surface area contributed by atoms with E-state index in [1.807, 2.05) is 0 Å². The van der Waals surface area contributed by atoms with Crippen molar-refractivity contribution in [1.29, 1.82) is 0 Å². The molecule has 7 heavy (non-hydrogen) atoms. The summed E-state index contributed by atoms with van der Waals surface area (Å²) in [5, 5.41) is 0.256. The molecule has 0 unspecified atom stereocenters. The van der Waals surface area contributed by atoms with E-state index in [4.69, 9.17) is 11.1 Å². The fourth-order valence-corrected chi connectivity index (χ4v) is 0. The van der Waals surface area contributed by atoms with Crippen molar-refractivity contribution in [2.75, 3.05) is 0 Å². The van der Waals surface area contributed by atoms with E-state index in [2.05, 4.69) is 26.9 Å². The monoisotopic (exact) mass is 134 g/mol. The Bertz CT molecular complexity index is 80.6. The number of rotatable bonds is 0. The first-order valence-corrected chi connectivity index (χ1v) is 5.01. The van der Waals surface area contributed by atoms with E-state index in [-0.39, 0.29) is 5.04 Å². The van der Waals surface area contributed by atoms with Gasteiger partial charge in [-0.25, -0.2) is 0 Å². The molecule has 0 aliphatic carbocycles. The maximum Gasteiger partial charge on any atom is 0.122 e. The molecule has 0 atom stereocenters. The van der Waals surface area contributed by atoms with Crippen LogP contribution in [0.15, 0.2) is 0 Å². The molecule has 0 aliphatic heterocycles. The van der Waals surface area contributed by atoms with Gasteiger partial charge in [-0.05, 0) is 5.04 Å². The van der Waals surface area contributed by atoms with E-state index in [0.717, 1.165) is 0 Å². The summed E-state index contributed by atoms with van der Waals surface area (Å²) < 4.78 is 0. The second-order valence-electron chi connectivity index (χ2n) is 2.65. The summed E-state index contributed by atoms with van der Waals surface area (Å²) >= 11 is 5.74. The van der Waals surface area contributed by atoms with Crippen LogP contribution in [0.4, 0.5) is 0 Å². The minimum absolute atomic E-state index is 0.256. The van der Waals surface area contributed by atoms with E-state index >= 15 is 0 Å². The number of hydrogen-bond acceptors (Lipinski definition) is 0. The first-order chi connectivity index (χ1) is 2.94. The van der Waals surface area contributed by atoms with Gasteiger partial charge >= 0.3 is 0 Å². The highest BCUT2D eigenvalue weighted by molar-refractivity contribution is 7.08. The van der Waals surface area contributed by atoms with Gasteiger partial charge in [-0.1, -0.05) is 20.8 Å². The first-order valence-electron chi connectivity index (χ1n) is 2.29. The lowest BCUT2D eigenvalue weighted by molar-refractivity contribution is 0.760. The molecule has 0 spiro atoms. The first kappa shape index (κ1) is 7.38. The van der Waals surface area contributed by atoms with Crippen LogP contribution in [-0.2, 0) is 0 Å². The molecule has 2 heteroatoms. The van der Waals surface area contributed by atoms with Crippen LogP contribution in [0, 0.1) is 0 Å². The minimum atomic E-state index is -0.828. The Labute approximate surface area is 51.4 Å². The van der Waals surface area contributed by atoms with Crippen molar-refractivity contribution in [3.63, 3.8) is 0 Å². The largest absolute Gasteiger partial charge is 0.139 e. The third kappa shape index (κ3) is 3.00. The van der Waals surface area contributed by atoms with Gasteiger partial charge in [0.1, 0.15) is 7.72 Å². The highest BCUT2D eigenvalue weighted by Gasteiger charge is 2.12. The van der Waals surface area contributed by atoms with Gasteiger partial charge in [-0.2, -0.15) is 0 Å². The van der Waals surface area contributed by atoms with Crippen molar-refractivity contribution in [3.05, 3.63) is 0 Å². The molecule has 0 fully saturated rings. The average Bonchev–Trinajstić information content (AvgIpc) is 1.31. The smallest absolute Gasteiger partial charge is 0.122 e. The summed E-state index contributed by atoms with van der Waals surface area (Å²) in [5.41, 5.74) is 0. The molecule has 0 bridgehead atoms. The van der Waals surface area contributed by atoms with Crippen molar-refractivity contribution in [1.82, 2.24) is 0 Å². The van der Waals surface area contributed by atoms with Gasteiger partial charge in [-0.15, -0.1) is 17.3 Å². The van der Waals surface area contributed by atoms with E-state index in [9.17, 15) is 0 Å².